The average molecular weight is 251 g/mol. The van der Waals surface area contributed by atoms with Gasteiger partial charge in [0.15, 0.2) is 0 Å². The zero-order valence-electron chi connectivity index (χ0n) is 10.7. The van der Waals surface area contributed by atoms with Gasteiger partial charge in [-0.15, -0.1) is 0 Å². The largest absolute Gasteiger partial charge is 0.478 e. The van der Waals surface area contributed by atoms with E-state index in [4.69, 9.17) is 9.52 Å². The van der Waals surface area contributed by atoms with Crippen molar-refractivity contribution in [3.8, 4) is 0 Å². The van der Waals surface area contributed by atoms with Gasteiger partial charge in [0.2, 0.25) is 0 Å². The number of carboxylic acid groups (broad SMARTS) is 1. The van der Waals surface area contributed by atoms with E-state index in [1.54, 1.807) is 6.07 Å². The van der Waals surface area contributed by atoms with Crippen LogP contribution in [0.25, 0.3) is 0 Å². The van der Waals surface area contributed by atoms with Crippen molar-refractivity contribution in [3.05, 3.63) is 23.7 Å². The number of carboxylic acids is 1. The minimum Gasteiger partial charge on any atom is -0.478 e. The zero-order valence-corrected chi connectivity index (χ0v) is 10.7. The Morgan fingerprint density at radius 3 is 2.56 bits per heavy atom. The van der Waals surface area contributed by atoms with E-state index >= 15 is 0 Å². The van der Waals surface area contributed by atoms with Gasteiger partial charge in [-0.1, -0.05) is 32.1 Å². The lowest BCUT2D eigenvalue weighted by atomic mass is 9.97. The third-order valence-electron chi connectivity index (χ3n) is 3.57. The highest BCUT2D eigenvalue weighted by Crippen LogP contribution is 2.17. The molecule has 0 spiro atoms. The molecule has 0 saturated heterocycles. The summed E-state index contributed by atoms with van der Waals surface area (Å²) in [5.74, 6) is -0.231. The van der Waals surface area contributed by atoms with E-state index in [9.17, 15) is 4.79 Å². The molecule has 2 N–H and O–H groups in total. The summed E-state index contributed by atoms with van der Waals surface area (Å²) in [6.07, 6.45) is 10.3. The van der Waals surface area contributed by atoms with E-state index in [0.29, 0.717) is 18.3 Å². The van der Waals surface area contributed by atoms with Crippen LogP contribution in [0.15, 0.2) is 16.7 Å². The fraction of sp³-hybridized carbons (Fsp3) is 0.643. The second-order valence-corrected chi connectivity index (χ2v) is 5.03. The molecule has 0 amide bonds. The van der Waals surface area contributed by atoms with Crippen LogP contribution < -0.4 is 5.32 Å². The highest BCUT2D eigenvalue weighted by molar-refractivity contribution is 5.87. The third-order valence-corrected chi connectivity index (χ3v) is 3.57. The number of aromatic carboxylic acids is 1. The van der Waals surface area contributed by atoms with Gasteiger partial charge in [0.25, 0.3) is 0 Å². The molecule has 0 aliphatic heterocycles. The van der Waals surface area contributed by atoms with Crippen LogP contribution in [-0.2, 0) is 6.54 Å². The van der Waals surface area contributed by atoms with E-state index in [1.165, 1.54) is 51.2 Å². The van der Waals surface area contributed by atoms with Gasteiger partial charge in [-0.05, 0) is 18.9 Å². The summed E-state index contributed by atoms with van der Waals surface area (Å²) in [7, 11) is 0. The van der Waals surface area contributed by atoms with Crippen LogP contribution in [0.4, 0.5) is 0 Å². The lowest BCUT2D eigenvalue weighted by Crippen LogP contribution is -2.29. The first-order valence-corrected chi connectivity index (χ1v) is 6.80. The zero-order chi connectivity index (χ0) is 12.8. The maximum atomic E-state index is 10.7. The van der Waals surface area contributed by atoms with Crippen molar-refractivity contribution in [2.45, 2.75) is 57.5 Å². The fourth-order valence-corrected chi connectivity index (χ4v) is 2.49. The summed E-state index contributed by atoms with van der Waals surface area (Å²) in [6, 6.07) is 2.14. The molecule has 1 aromatic heterocycles. The molecule has 100 valence electrons. The Balaban J connectivity index is 1.80. The summed E-state index contributed by atoms with van der Waals surface area (Å²) in [5, 5.41) is 12.3. The van der Waals surface area contributed by atoms with Gasteiger partial charge in [-0.25, -0.2) is 4.79 Å². The standard InChI is InChI=1S/C14H21NO3/c16-14(17)11-8-13(18-10-11)9-15-12-6-4-2-1-3-5-7-12/h8,10,12,15H,1-7,9H2,(H,16,17). The summed E-state index contributed by atoms with van der Waals surface area (Å²) < 4.78 is 5.23. The van der Waals surface area contributed by atoms with E-state index < -0.39 is 5.97 Å². The van der Waals surface area contributed by atoms with Crippen LogP contribution in [0, 0.1) is 0 Å². The van der Waals surface area contributed by atoms with Crippen LogP contribution in [0.3, 0.4) is 0 Å². The first-order valence-electron chi connectivity index (χ1n) is 6.80. The molecule has 1 heterocycles. The van der Waals surface area contributed by atoms with Gasteiger partial charge in [0.05, 0.1) is 12.1 Å². The topological polar surface area (TPSA) is 62.5 Å². The summed E-state index contributed by atoms with van der Waals surface area (Å²) in [4.78, 5) is 10.7. The Kier molecular flexibility index (Phi) is 4.81. The van der Waals surface area contributed by atoms with Crippen molar-refractivity contribution in [2.24, 2.45) is 0 Å². The Labute approximate surface area is 107 Å². The molecule has 0 bridgehead atoms. The van der Waals surface area contributed by atoms with Crippen molar-refractivity contribution in [2.75, 3.05) is 0 Å². The Bertz CT molecular complexity index is 378. The van der Waals surface area contributed by atoms with Gasteiger partial charge >= 0.3 is 5.97 Å². The lowest BCUT2D eigenvalue weighted by molar-refractivity contribution is 0.0696. The van der Waals surface area contributed by atoms with Crippen molar-refractivity contribution < 1.29 is 14.3 Å². The maximum absolute atomic E-state index is 10.7. The predicted octanol–water partition coefficient (Wildman–Crippen LogP) is 3.18. The molecule has 1 fully saturated rings. The Morgan fingerprint density at radius 2 is 1.94 bits per heavy atom. The molecule has 0 radical (unpaired) electrons. The number of furan rings is 1. The summed E-state index contributed by atoms with van der Waals surface area (Å²) in [6.45, 7) is 0.623. The minimum absolute atomic E-state index is 0.226. The van der Waals surface area contributed by atoms with Crippen molar-refractivity contribution in [3.63, 3.8) is 0 Å². The van der Waals surface area contributed by atoms with E-state index in [-0.39, 0.29) is 5.56 Å². The molecule has 1 aliphatic carbocycles. The minimum atomic E-state index is -0.934. The molecule has 18 heavy (non-hydrogen) atoms. The molecular weight excluding hydrogens is 230 g/mol. The molecule has 1 aromatic rings. The lowest BCUT2D eigenvalue weighted by Gasteiger charge is -2.20. The summed E-state index contributed by atoms with van der Waals surface area (Å²) in [5.41, 5.74) is 0.226. The smallest absolute Gasteiger partial charge is 0.338 e. The predicted molar refractivity (Wildman–Crippen MR) is 68.6 cm³/mol. The first-order chi connectivity index (χ1) is 8.75. The van der Waals surface area contributed by atoms with Gasteiger partial charge in [-0.3, -0.25) is 0 Å². The molecule has 1 saturated carbocycles. The van der Waals surface area contributed by atoms with Crippen LogP contribution in [0.2, 0.25) is 0 Å². The molecule has 0 atom stereocenters. The van der Waals surface area contributed by atoms with E-state index in [2.05, 4.69) is 5.32 Å². The normalized spacial score (nSPS) is 18.2. The molecule has 4 nitrogen and oxygen atoms in total. The van der Waals surface area contributed by atoms with Crippen molar-refractivity contribution >= 4 is 5.97 Å². The Hall–Kier alpha value is -1.29. The SMILES string of the molecule is O=C(O)c1coc(CNC2CCCCCCC2)c1. The number of nitrogens with one attached hydrogen (secondary N) is 1. The van der Waals surface area contributed by atoms with Crippen LogP contribution in [0.5, 0.6) is 0 Å². The average Bonchev–Trinajstić information content (AvgIpc) is 2.76. The van der Waals surface area contributed by atoms with Gasteiger partial charge in [0, 0.05) is 6.04 Å². The Morgan fingerprint density at radius 1 is 1.28 bits per heavy atom. The first kappa shape index (κ1) is 13.1. The summed E-state index contributed by atoms with van der Waals surface area (Å²) >= 11 is 0. The monoisotopic (exact) mass is 251 g/mol. The maximum Gasteiger partial charge on any atom is 0.338 e. The molecule has 1 aliphatic rings. The highest BCUT2D eigenvalue weighted by Gasteiger charge is 2.12. The molecule has 2 rings (SSSR count). The van der Waals surface area contributed by atoms with E-state index in [0.717, 1.165) is 0 Å². The van der Waals surface area contributed by atoms with Gasteiger partial charge < -0.3 is 14.8 Å². The van der Waals surface area contributed by atoms with Crippen molar-refractivity contribution in [1.82, 2.24) is 5.32 Å². The number of hydrogen-bond acceptors (Lipinski definition) is 3. The van der Waals surface area contributed by atoms with Crippen LogP contribution >= 0.6 is 0 Å². The van der Waals surface area contributed by atoms with Crippen molar-refractivity contribution in [1.29, 1.82) is 0 Å². The second-order valence-electron chi connectivity index (χ2n) is 5.03. The quantitative estimate of drug-likeness (QED) is 0.862. The fourth-order valence-electron chi connectivity index (χ4n) is 2.49. The molecule has 0 unspecified atom stereocenters. The van der Waals surface area contributed by atoms with E-state index in [1.807, 2.05) is 0 Å². The third kappa shape index (κ3) is 3.88. The second kappa shape index (κ2) is 6.59. The highest BCUT2D eigenvalue weighted by atomic mass is 16.4. The number of rotatable bonds is 4. The molecular formula is C14H21NO3. The van der Waals surface area contributed by atoms with Gasteiger partial charge in [-0.2, -0.15) is 0 Å². The van der Waals surface area contributed by atoms with Crippen LogP contribution in [-0.4, -0.2) is 17.1 Å². The molecule has 4 heteroatoms. The van der Waals surface area contributed by atoms with Gasteiger partial charge in [0.1, 0.15) is 12.0 Å². The van der Waals surface area contributed by atoms with Crippen LogP contribution in [0.1, 0.15) is 61.1 Å². The molecule has 0 aromatic carbocycles. The number of hydrogen-bond donors (Lipinski definition) is 2. The number of carbonyl (C=O) groups is 1.